The van der Waals surface area contributed by atoms with E-state index < -0.39 is 0 Å². The Morgan fingerprint density at radius 1 is 1.37 bits per heavy atom. The number of carbonyl (C=O) groups is 1. The van der Waals surface area contributed by atoms with Crippen LogP contribution in [0, 0.1) is 6.92 Å². The lowest BCUT2D eigenvalue weighted by molar-refractivity contribution is -0.111. The first-order chi connectivity index (χ1) is 9.11. The molecule has 19 heavy (non-hydrogen) atoms. The largest absolute Gasteiger partial charge is 0.396 e. The fourth-order valence-corrected chi connectivity index (χ4v) is 2.27. The highest BCUT2D eigenvalue weighted by atomic mass is 16.2. The van der Waals surface area contributed by atoms with Gasteiger partial charge in [-0.3, -0.25) is 4.79 Å². The molecule has 0 aliphatic rings. The summed E-state index contributed by atoms with van der Waals surface area (Å²) in [5, 5.41) is 9.02. The van der Waals surface area contributed by atoms with E-state index >= 15 is 0 Å². The third kappa shape index (κ3) is 4.32. The van der Waals surface area contributed by atoms with Gasteiger partial charge in [-0.2, -0.15) is 0 Å². The number of hydrogen-bond acceptors (Lipinski definition) is 2. The number of ketones is 1. The number of allylic oxidation sites excluding steroid dienone is 2. The number of Topliss-reactive ketones (excluding diaryl/α,β-unsaturated/α-hetero) is 1. The first-order valence-electron chi connectivity index (χ1n) is 7.02. The molecule has 2 heteroatoms. The predicted molar refractivity (Wildman–Crippen MR) is 80.2 cm³/mol. The molecule has 1 N–H and O–H groups in total. The zero-order valence-electron chi connectivity index (χ0n) is 12.2. The van der Waals surface area contributed by atoms with E-state index in [4.69, 9.17) is 5.11 Å². The number of aliphatic hydroxyl groups is 1. The maximum absolute atomic E-state index is 11.9. The van der Waals surface area contributed by atoms with Crippen molar-refractivity contribution in [3.63, 3.8) is 0 Å². The lowest BCUT2D eigenvalue weighted by atomic mass is 9.90. The second kappa shape index (κ2) is 7.90. The van der Waals surface area contributed by atoms with Crippen molar-refractivity contribution in [2.75, 3.05) is 6.61 Å². The van der Waals surface area contributed by atoms with Gasteiger partial charge in [-0.1, -0.05) is 37.6 Å². The smallest absolute Gasteiger partial charge is 0.160 e. The standard InChI is InChI=1S/C17H24O2/c1-4-5-9-16(14(3)19)17-10-6-8-13(2)15(17)11-7-12-18/h6,8-10,18H,4-5,7,11-12H2,1-3H3/b16-9+. The summed E-state index contributed by atoms with van der Waals surface area (Å²) in [6.07, 6.45) is 5.54. The van der Waals surface area contributed by atoms with Crippen LogP contribution in [0.3, 0.4) is 0 Å². The monoisotopic (exact) mass is 260 g/mol. The van der Waals surface area contributed by atoms with E-state index in [1.54, 1.807) is 6.92 Å². The van der Waals surface area contributed by atoms with Crippen LogP contribution in [-0.4, -0.2) is 17.5 Å². The van der Waals surface area contributed by atoms with Gasteiger partial charge in [0, 0.05) is 12.2 Å². The molecular weight excluding hydrogens is 236 g/mol. The zero-order valence-corrected chi connectivity index (χ0v) is 12.2. The van der Waals surface area contributed by atoms with Crippen molar-refractivity contribution in [1.82, 2.24) is 0 Å². The minimum absolute atomic E-state index is 0.115. The van der Waals surface area contributed by atoms with Gasteiger partial charge in [0.05, 0.1) is 0 Å². The van der Waals surface area contributed by atoms with Gasteiger partial charge < -0.3 is 5.11 Å². The van der Waals surface area contributed by atoms with Gasteiger partial charge in [-0.25, -0.2) is 0 Å². The minimum Gasteiger partial charge on any atom is -0.396 e. The van der Waals surface area contributed by atoms with Gasteiger partial charge in [0.1, 0.15) is 0 Å². The second-order valence-corrected chi connectivity index (χ2v) is 4.89. The van der Waals surface area contributed by atoms with Crippen LogP contribution in [0.4, 0.5) is 0 Å². The Balaban J connectivity index is 3.22. The summed E-state index contributed by atoms with van der Waals surface area (Å²) in [4.78, 5) is 11.9. The molecule has 1 aromatic rings. The highest BCUT2D eigenvalue weighted by Gasteiger charge is 2.13. The zero-order chi connectivity index (χ0) is 14.3. The van der Waals surface area contributed by atoms with Gasteiger partial charge in [0.15, 0.2) is 5.78 Å². The molecule has 0 spiro atoms. The molecule has 2 nitrogen and oxygen atoms in total. The minimum atomic E-state index is 0.115. The molecule has 0 fully saturated rings. The van der Waals surface area contributed by atoms with Crippen molar-refractivity contribution in [3.8, 4) is 0 Å². The van der Waals surface area contributed by atoms with E-state index in [-0.39, 0.29) is 12.4 Å². The van der Waals surface area contributed by atoms with Crippen LogP contribution < -0.4 is 0 Å². The number of benzene rings is 1. The molecule has 0 amide bonds. The van der Waals surface area contributed by atoms with Crippen LogP contribution in [-0.2, 0) is 11.2 Å². The molecule has 0 aliphatic carbocycles. The average molecular weight is 260 g/mol. The van der Waals surface area contributed by atoms with Gasteiger partial charge in [0.2, 0.25) is 0 Å². The fraction of sp³-hybridized carbons (Fsp3) is 0.471. The Hall–Kier alpha value is -1.41. The Morgan fingerprint density at radius 3 is 2.68 bits per heavy atom. The van der Waals surface area contributed by atoms with Crippen molar-refractivity contribution in [1.29, 1.82) is 0 Å². The maximum atomic E-state index is 11.9. The molecule has 1 aromatic carbocycles. The van der Waals surface area contributed by atoms with Gasteiger partial charge in [-0.05, 0) is 49.8 Å². The summed E-state index contributed by atoms with van der Waals surface area (Å²) >= 11 is 0. The predicted octanol–water partition coefficient (Wildman–Crippen LogP) is 3.69. The summed E-state index contributed by atoms with van der Waals surface area (Å²) in [5.74, 6) is 0.115. The van der Waals surface area contributed by atoms with Crippen molar-refractivity contribution in [2.24, 2.45) is 0 Å². The van der Waals surface area contributed by atoms with Crippen molar-refractivity contribution >= 4 is 11.4 Å². The molecule has 104 valence electrons. The SMILES string of the molecule is CCC/C=C(\C(C)=O)c1cccc(C)c1CCCO. The molecule has 0 saturated heterocycles. The summed E-state index contributed by atoms with van der Waals surface area (Å²) in [5.41, 5.74) is 4.23. The third-order valence-corrected chi connectivity index (χ3v) is 3.30. The first-order valence-corrected chi connectivity index (χ1v) is 7.02. The van der Waals surface area contributed by atoms with Crippen molar-refractivity contribution in [3.05, 3.63) is 41.0 Å². The number of aliphatic hydroxyl groups excluding tert-OH is 1. The molecule has 0 aromatic heterocycles. The topological polar surface area (TPSA) is 37.3 Å². The Morgan fingerprint density at radius 2 is 2.11 bits per heavy atom. The lowest BCUT2D eigenvalue weighted by Gasteiger charge is -2.14. The lowest BCUT2D eigenvalue weighted by Crippen LogP contribution is -2.04. The molecule has 0 radical (unpaired) electrons. The van der Waals surface area contributed by atoms with Gasteiger partial charge in [-0.15, -0.1) is 0 Å². The quantitative estimate of drug-likeness (QED) is 0.759. The normalized spacial score (nSPS) is 11.7. The molecular formula is C17H24O2. The van der Waals surface area contributed by atoms with Crippen LogP contribution >= 0.6 is 0 Å². The van der Waals surface area contributed by atoms with Gasteiger partial charge >= 0.3 is 0 Å². The number of rotatable bonds is 7. The molecule has 0 atom stereocenters. The Labute approximate surface area is 116 Å². The molecule has 1 rings (SSSR count). The van der Waals surface area contributed by atoms with E-state index in [0.717, 1.165) is 36.8 Å². The first kappa shape index (κ1) is 15.6. The molecule has 0 heterocycles. The number of unbranched alkanes of at least 4 members (excludes halogenated alkanes) is 1. The van der Waals surface area contributed by atoms with Crippen LogP contribution in [0.25, 0.3) is 5.57 Å². The molecule has 0 saturated carbocycles. The van der Waals surface area contributed by atoms with Crippen LogP contribution in [0.1, 0.15) is 49.8 Å². The Kier molecular flexibility index (Phi) is 6.51. The summed E-state index contributed by atoms with van der Waals surface area (Å²) < 4.78 is 0. The summed E-state index contributed by atoms with van der Waals surface area (Å²) in [6, 6.07) is 6.08. The second-order valence-electron chi connectivity index (χ2n) is 4.89. The van der Waals surface area contributed by atoms with Crippen LogP contribution in [0.2, 0.25) is 0 Å². The van der Waals surface area contributed by atoms with E-state index in [2.05, 4.69) is 19.9 Å². The van der Waals surface area contributed by atoms with E-state index in [1.807, 2.05) is 18.2 Å². The fourth-order valence-electron chi connectivity index (χ4n) is 2.27. The van der Waals surface area contributed by atoms with Crippen LogP contribution in [0.5, 0.6) is 0 Å². The van der Waals surface area contributed by atoms with Crippen molar-refractivity contribution < 1.29 is 9.90 Å². The summed E-state index contributed by atoms with van der Waals surface area (Å²) in [7, 11) is 0. The van der Waals surface area contributed by atoms with E-state index in [1.165, 1.54) is 11.1 Å². The number of aryl methyl sites for hydroxylation is 1. The maximum Gasteiger partial charge on any atom is 0.160 e. The molecule has 0 bridgehead atoms. The highest BCUT2D eigenvalue weighted by Crippen LogP contribution is 2.25. The van der Waals surface area contributed by atoms with Gasteiger partial charge in [0.25, 0.3) is 0 Å². The molecule has 0 aliphatic heterocycles. The Bertz CT molecular complexity index is 458. The third-order valence-electron chi connectivity index (χ3n) is 3.30. The summed E-state index contributed by atoms with van der Waals surface area (Å²) in [6.45, 7) is 5.98. The average Bonchev–Trinajstić information content (AvgIpc) is 2.38. The van der Waals surface area contributed by atoms with Crippen molar-refractivity contribution in [2.45, 2.75) is 46.5 Å². The van der Waals surface area contributed by atoms with E-state index in [0.29, 0.717) is 0 Å². The molecule has 0 unspecified atom stereocenters. The number of carbonyl (C=O) groups excluding carboxylic acids is 1. The van der Waals surface area contributed by atoms with E-state index in [9.17, 15) is 4.79 Å². The number of hydrogen-bond donors (Lipinski definition) is 1. The highest BCUT2D eigenvalue weighted by molar-refractivity contribution is 6.19. The van der Waals surface area contributed by atoms with Crippen LogP contribution in [0.15, 0.2) is 24.3 Å².